The van der Waals surface area contributed by atoms with Crippen molar-refractivity contribution in [2.75, 3.05) is 19.9 Å². The molecular formula is C18H17ClFNO4. The predicted molar refractivity (Wildman–Crippen MR) is 90.3 cm³/mol. The Kier molecular flexibility index (Phi) is 5.73. The van der Waals surface area contributed by atoms with Gasteiger partial charge in [-0.3, -0.25) is 4.79 Å². The lowest BCUT2D eigenvalue weighted by Crippen LogP contribution is -2.30. The van der Waals surface area contributed by atoms with Crippen LogP contribution in [0.15, 0.2) is 36.4 Å². The van der Waals surface area contributed by atoms with E-state index in [4.69, 9.17) is 25.8 Å². The molecule has 7 heteroatoms. The van der Waals surface area contributed by atoms with Gasteiger partial charge in [0.1, 0.15) is 17.3 Å². The highest BCUT2D eigenvalue weighted by molar-refractivity contribution is 6.30. The maximum atomic E-state index is 13.6. The predicted octanol–water partition coefficient (Wildman–Crippen LogP) is 3.08. The number of halogens is 2. The summed E-state index contributed by atoms with van der Waals surface area (Å²) in [5.41, 5.74) is 1.39. The molecule has 25 heavy (non-hydrogen) atoms. The summed E-state index contributed by atoms with van der Waals surface area (Å²) in [5, 5.41) is 3.34. The van der Waals surface area contributed by atoms with Crippen LogP contribution in [0, 0.1) is 5.82 Å². The van der Waals surface area contributed by atoms with Gasteiger partial charge in [-0.25, -0.2) is 4.39 Å². The molecule has 0 saturated heterocycles. The number of carbonyl (C=O) groups is 1. The molecule has 0 atom stereocenters. The molecule has 1 heterocycles. The van der Waals surface area contributed by atoms with Crippen LogP contribution in [0.2, 0.25) is 5.02 Å². The second kappa shape index (κ2) is 8.18. The summed E-state index contributed by atoms with van der Waals surface area (Å²) in [6, 6.07) is 9.57. The molecule has 2 aromatic rings. The Hall–Kier alpha value is -2.31. The molecule has 0 bridgehead atoms. The van der Waals surface area contributed by atoms with E-state index in [-0.39, 0.29) is 25.1 Å². The summed E-state index contributed by atoms with van der Waals surface area (Å²) in [4.78, 5) is 11.8. The van der Waals surface area contributed by atoms with Gasteiger partial charge in [0.25, 0.3) is 5.91 Å². The van der Waals surface area contributed by atoms with Crippen molar-refractivity contribution in [3.05, 3.63) is 58.4 Å². The number of ether oxygens (including phenoxy) is 3. The number of rotatable bonds is 6. The molecule has 1 amide bonds. The highest BCUT2D eigenvalue weighted by Crippen LogP contribution is 2.29. The van der Waals surface area contributed by atoms with Crippen LogP contribution >= 0.6 is 11.6 Å². The Morgan fingerprint density at radius 1 is 1.28 bits per heavy atom. The zero-order chi connectivity index (χ0) is 17.6. The van der Waals surface area contributed by atoms with Gasteiger partial charge >= 0.3 is 0 Å². The lowest BCUT2D eigenvalue weighted by atomic mass is 10.1. The Balaban J connectivity index is 1.48. The van der Waals surface area contributed by atoms with Crippen molar-refractivity contribution in [3.63, 3.8) is 0 Å². The summed E-state index contributed by atoms with van der Waals surface area (Å²) >= 11 is 5.78. The van der Waals surface area contributed by atoms with Crippen LogP contribution in [-0.4, -0.2) is 25.9 Å². The van der Waals surface area contributed by atoms with Gasteiger partial charge in [-0.2, -0.15) is 0 Å². The van der Waals surface area contributed by atoms with Crippen molar-refractivity contribution in [1.82, 2.24) is 5.32 Å². The molecule has 0 aromatic heterocycles. The van der Waals surface area contributed by atoms with Crippen molar-refractivity contribution in [2.24, 2.45) is 0 Å². The third-order valence-corrected chi connectivity index (χ3v) is 3.90. The highest BCUT2D eigenvalue weighted by atomic mass is 35.5. The van der Waals surface area contributed by atoms with E-state index in [9.17, 15) is 9.18 Å². The fourth-order valence-corrected chi connectivity index (χ4v) is 2.64. The van der Waals surface area contributed by atoms with E-state index in [1.807, 2.05) is 0 Å². The summed E-state index contributed by atoms with van der Waals surface area (Å²) < 4.78 is 29.6. The van der Waals surface area contributed by atoms with Gasteiger partial charge in [-0.1, -0.05) is 11.6 Å². The topological polar surface area (TPSA) is 56.8 Å². The lowest BCUT2D eigenvalue weighted by Gasteiger charge is -2.21. The molecule has 1 N–H and O–H groups in total. The molecule has 0 unspecified atom stereocenters. The van der Waals surface area contributed by atoms with Gasteiger partial charge < -0.3 is 19.5 Å². The molecule has 5 nitrogen and oxygen atoms in total. The third kappa shape index (κ3) is 4.84. The van der Waals surface area contributed by atoms with Crippen LogP contribution in [0.1, 0.15) is 11.1 Å². The van der Waals surface area contributed by atoms with E-state index < -0.39 is 0 Å². The zero-order valence-electron chi connectivity index (χ0n) is 13.4. The number of hydrogen-bond donors (Lipinski definition) is 1. The first kappa shape index (κ1) is 17.5. The van der Waals surface area contributed by atoms with E-state index in [1.54, 1.807) is 24.3 Å². The first-order chi connectivity index (χ1) is 12.1. The Labute approximate surface area is 149 Å². The first-order valence-corrected chi connectivity index (χ1v) is 8.16. The van der Waals surface area contributed by atoms with Crippen LogP contribution in [0.3, 0.4) is 0 Å². The number of carbonyl (C=O) groups excluding carboxylic acids is 1. The minimum atomic E-state index is -0.347. The maximum Gasteiger partial charge on any atom is 0.257 e. The van der Waals surface area contributed by atoms with E-state index in [0.29, 0.717) is 47.2 Å². The molecule has 0 aliphatic carbocycles. The average molecular weight is 366 g/mol. The van der Waals surface area contributed by atoms with Crippen molar-refractivity contribution >= 4 is 17.5 Å². The molecule has 132 valence electrons. The molecule has 2 aromatic carbocycles. The van der Waals surface area contributed by atoms with E-state index in [0.717, 1.165) is 0 Å². The fourth-order valence-electron chi connectivity index (χ4n) is 2.51. The second-order valence-electron chi connectivity index (χ2n) is 5.51. The van der Waals surface area contributed by atoms with Crippen molar-refractivity contribution in [2.45, 2.75) is 13.0 Å². The van der Waals surface area contributed by atoms with Crippen LogP contribution in [-0.2, 0) is 22.6 Å². The maximum absolute atomic E-state index is 13.6. The van der Waals surface area contributed by atoms with Gasteiger partial charge in [-0.05, 0) is 48.4 Å². The monoisotopic (exact) mass is 365 g/mol. The summed E-state index contributed by atoms with van der Waals surface area (Å²) in [6.07, 6.45) is 0.451. The zero-order valence-corrected chi connectivity index (χ0v) is 14.1. The number of benzene rings is 2. The lowest BCUT2D eigenvalue weighted by molar-refractivity contribution is -0.123. The van der Waals surface area contributed by atoms with Gasteiger partial charge in [0.2, 0.25) is 0 Å². The van der Waals surface area contributed by atoms with Gasteiger partial charge in [-0.15, -0.1) is 0 Å². The van der Waals surface area contributed by atoms with Crippen molar-refractivity contribution in [1.29, 1.82) is 0 Å². The van der Waals surface area contributed by atoms with Crippen molar-refractivity contribution in [3.8, 4) is 11.5 Å². The minimum absolute atomic E-state index is 0.104. The molecule has 1 aliphatic heterocycles. The van der Waals surface area contributed by atoms with E-state index in [2.05, 4.69) is 5.32 Å². The Morgan fingerprint density at radius 3 is 2.88 bits per heavy atom. The summed E-state index contributed by atoms with van der Waals surface area (Å²) in [5.74, 6) is 0.594. The number of nitrogens with one attached hydrogen (secondary N) is 1. The van der Waals surface area contributed by atoms with E-state index in [1.165, 1.54) is 12.1 Å². The van der Waals surface area contributed by atoms with Crippen LogP contribution < -0.4 is 14.8 Å². The Bertz CT molecular complexity index is 751. The largest absolute Gasteiger partial charge is 0.484 e. The number of fused-ring (bicyclic) bond motifs is 1. The normalized spacial score (nSPS) is 12.9. The molecule has 0 radical (unpaired) electrons. The van der Waals surface area contributed by atoms with Crippen LogP contribution in [0.4, 0.5) is 4.39 Å². The van der Waals surface area contributed by atoms with Gasteiger partial charge in [0.05, 0.1) is 6.61 Å². The SMILES string of the molecule is O=C(COc1ccc(Cl)cc1)NCCc1cc(F)cc2c1OCOC2. The molecular weight excluding hydrogens is 349 g/mol. The summed E-state index contributed by atoms with van der Waals surface area (Å²) in [7, 11) is 0. The number of hydrogen-bond acceptors (Lipinski definition) is 4. The van der Waals surface area contributed by atoms with Crippen LogP contribution in [0.25, 0.3) is 0 Å². The number of amides is 1. The van der Waals surface area contributed by atoms with Crippen LogP contribution in [0.5, 0.6) is 11.5 Å². The molecule has 3 rings (SSSR count). The van der Waals surface area contributed by atoms with Crippen molar-refractivity contribution < 1.29 is 23.4 Å². The van der Waals surface area contributed by atoms with E-state index >= 15 is 0 Å². The molecule has 0 fully saturated rings. The Morgan fingerprint density at radius 2 is 2.08 bits per heavy atom. The average Bonchev–Trinajstić information content (AvgIpc) is 2.61. The second-order valence-corrected chi connectivity index (χ2v) is 5.94. The fraction of sp³-hybridized carbons (Fsp3) is 0.278. The summed E-state index contributed by atoms with van der Waals surface area (Å²) in [6.45, 7) is 0.713. The standard InChI is InChI=1S/C18H17ClFNO4/c19-14-1-3-16(4-2-14)24-10-17(22)21-6-5-12-7-15(20)8-13-9-23-11-25-18(12)13/h1-4,7-8H,5-6,9-11H2,(H,21,22). The first-order valence-electron chi connectivity index (χ1n) is 7.79. The van der Waals surface area contributed by atoms with Gasteiger partial charge in [0.15, 0.2) is 13.4 Å². The van der Waals surface area contributed by atoms with Gasteiger partial charge in [0, 0.05) is 17.1 Å². The highest BCUT2D eigenvalue weighted by Gasteiger charge is 2.17. The third-order valence-electron chi connectivity index (χ3n) is 3.65. The quantitative estimate of drug-likeness (QED) is 0.854. The molecule has 1 aliphatic rings. The molecule has 0 saturated carbocycles. The minimum Gasteiger partial charge on any atom is -0.484 e. The smallest absolute Gasteiger partial charge is 0.257 e. The molecule has 0 spiro atoms.